The minimum atomic E-state index is -0.860. The normalized spacial score (nSPS) is 10.3. The molecule has 0 fully saturated rings. The monoisotopic (exact) mass is 475 g/mol. The van der Waals surface area contributed by atoms with Crippen molar-refractivity contribution in [3.8, 4) is 5.75 Å². The van der Waals surface area contributed by atoms with Crippen LogP contribution in [-0.2, 0) is 16.0 Å². The summed E-state index contributed by atoms with van der Waals surface area (Å²) in [4.78, 5) is 35.4. The van der Waals surface area contributed by atoms with E-state index >= 15 is 0 Å². The highest BCUT2D eigenvalue weighted by molar-refractivity contribution is 6.00. The summed E-state index contributed by atoms with van der Waals surface area (Å²) in [5.74, 6) is -0.447. The van der Waals surface area contributed by atoms with Gasteiger partial charge in [0.1, 0.15) is 5.75 Å². The van der Waals surface area contributed by atoms with E-state index in [1.54, 1.807) is 36.4 Å². The Bertz CT molecular complexity index is 1190. The van der Waals surface area contributed by atoms with Crippen molar-refractivity contribution in [2.24, 2.45) is 0 Å². The Labute approximate surface area is 204 Å². The number of amides is 3. The van der Waals surface area contributed by atoms with Crippen molar-refractivity contribution in [3.63, 3.8) is 0 Å². The minimum absolute atomic E-state index is 0.0428. The van der Waals surface area contributed by atoms with E-state index < -0.39 is 5.97 Å². The number of carboxylic acids is 1. The van der Waals surface area contributed by atoms with E-state index in [2.05, 4.69) is 16.0 Å². The smallest absolute Gasteiger partial charge is 0.323 e. The van der Waals surface area contributed by atoms with Crippen LogP contribution in [0.5, 0.6) is 5.75 Å². The molecule has 3 aromatic rings. The molecule has 0 aromatic heterocycles. The van der Waals surface area contributed by atoms with Crippen LogP contribution in [-0.4, -0.2) is 29.6 Å². The highest BCUT2D eigenvalue weighted by atomic mass is 16.5. The van der Waals surface area contributed by atoms with E-state index in [9.17, 15) is 14.4 Å². The molecule has 3 aromatic carbocycles. The molecule has 0 saturated carbocycles. The second kappa shape index (κ2) is 12.2. The first kappa shape index (κ1) is 25.3. The van der Waals surface area contributed by atoms with Gasteiger partial charge in [-0.05, 0) is 61.2 Å². The van der Waals surface area contributed by atoms with Crippen molar-refractivity contribution in [2.75, 3.05) is 22.6 Å². The Balaban J connectivity index is 1.50. The number of benzene rings is 3. The van der Waals surface area contributed by atoms with Crippen molar-refractivity contribution < 1.29 is 24.2 Å². The molecule has 3 rings (SSSR count). The molecule has 182 valence electrons. The highest BCUT2D eigenvalue weighted by Gasteiger charge is 2.09. The number of para-hydroxylation sites is 1. The molecule has 0 spiro atoms. The Morgan fingerprint density at radius 2 is 1.54 bits per heavy atom. The summed E-state index contributed by atoms with van der Waals surface area (Å²) < 4.78 is 5.66. The number of hydrogen-bond donors (Lipinski definition) is 4. The van der Waals surface area contributed by atoms with Crippen LogP contribution in [0.25, 0.3) is 0 Å². The number of nitrogens with one attached hydrogen (secondary N) is 3. The van der Waals surface area contributed by atoms with Crippen molar-refractivity contribution in [1.82, 2.24) is 0 Å². The molecule has 8 heteroatoms. The number of rotatable bonds is 10. The third-order valence-electron chi connectivity index (χ3n) is 5.23. The van der Waals surface area contributed by atoms with Crippen molar-refractivity contribution in [1.29, 1.82) is 0 Å². The molecule has 3 amide bonds. The summed E-state index contributed by atoms with van der Waals surface area (Å²) >= 11 is 0. The largest absolute Gasteiger partial charge is 0.493 e. The number of carbonyl (C=O) groups excluding carboxylic acids is 2. The highest BCUT2D eigenvalue weighted by Crippen LogP contribution is 2.23. The van der Waals surface area contributed by atoms with Crippen LogP contribution in [0.3, 0.4) is 0 Å². The van der Waals surface area contributed by atoms with Gasteiger partial charge in [0.05, 0.1) is 13.0 Å². The predicted molar refractivity (Wildman–Crippen MR) is 136 cm³/mol. The van der Waals surface area contributed by atoms with Crippen LogP contribution < -0.4 is 20.7 Å². The van der Waals surface area contributed by atoms with E-state index in [0.717, 1.165) is 22.4 Å². The predicted octanol–water partition coefficient (Wildman–Crippen LogP) is 5.37. The molecule has 0 bridgehead atoms. The van der Waals surface area contributed by atoms with Gasteiger partial charge < -0.3 is 25.8 Å². The Kier molecular flexibility index (Phi) is 8.83. The summed E-state index contributed by atoms with van der Waals surface area (Å²) in [5.41, 5.74) is 4.61. The number of aryl methyl sites for hydroxylation is 2. The lowest BCUT2D eigenvalue weighted by Crippen LogP contribution is -2.20. The average molecular weight is 476 g/mol. The second-order valence-electron chi connectivity index (χ2n) is 8.14. The second-order valence-corrected chi connectivity index (χ2v) is 8.14. The topological polar surface area (TPSA) is 117 Å². The van der Waals surface area contributed by atoms with Gasteiger partial charge in [0.2, 0.25) is 5.91 Å². The van der Waals surface area contributed by atoms with Crippen LogP contribution in [0.4, 0.5) is 21.9 Å². The van der Waals surface area contributed by atoms with Crippen LogP contribution in [0.1, 0.15) is 29.5 Å². The molecule has 0 aliphatic rings. The standard InChI is InChI=1S/C27H29N3O5/c1-18-6-3-4-7-23(18)30-27(34)29-21-13-10-20(11-14-21)16-25(31)28-22-12-9-19(2)24(17-22)35-15-5-8-26(32)33/h3-4,6-7,9-14,17H,5,8,15-16H2,1-2H3,(H,28,31)(H,32,33)(H2,29,30,34). The lowest BCUT2D eigenvalue weighted by atomic mass is 10.1. The first-order valence-electron chi connectivity index (χ1n) is 11.3. The van der Waals surface area contributed by atoms with Crippen LogP contribution in [0, 0.1) is 13.8 Å². The van der Waals surface area contributed by atoms with Gasteiger partial charge in [0.15, 0.2) is 0 Å². The third-order valence-corrected chi connectivity index (χ3v) is 5.23. The summed E-state index contributed by atoms with van der Waals surface area (Å²) in [5, 5.41) is 17.2. The summed E-state index contributed by atoms with van der Waals surface area (Å²) in [7, 11) is 0. The van der Waals surface area contributed by atoms with Gasteiger partial charge in [0, 0.05) is 29.5 Å². The Hall–Kier alpha value is -4.33. The number of carbonyl (C=O) groups is 3. The molecule has 0 aliphatic carbocycles. The van der Waals surface area contributed by atoms with E-state index in [0.29, 0.717) is 23.5 Å². The zero-order chi connectivity index (χ0) is 25.2. The lowest BCUT2D eigenvalue weighted by molar-refractivity contribution is -0.137. The maximum Gasteiger partial charge on any atom is 0.323 e. The molecule has 0 saturated heterocycles. The molecule has 0 unspecified atom stereocenters. The molecule has 35 heavy (non-hydrogen) atoms. The number of hydrogen-bond acceptors (Lipinski definition) is 4. The zero-order valence-electron chi connectivity index (χ0n) is 19.8. The first-order valence-corrected chi connectivity index (χ1v) is 11.3. The number of urea groups is 1. The molecule has 8 nitrogen and oxygen atoms in total. The van der Waals surface area contributed by atoms with Gasteiger partial charge in [-0.2, -0.15) is 0 Å². The van der Waals surface area contributed by atoms with Gasteiger partial charge >= 0.3 is 12.0 Å². The van der Waals surface area contributed by atoms with E-state index in [1.165, 1.54) is 0 Å². The summed E-state index contributed by atoms with van der Waals surface area (Å²) in [6, 6.07) is 19.6. The van der Waals surface area contributed by atoms with E-state index in [4.69, 9.17) is 9.84 Å². The molecule has 0 radical (unpaired) electrons. The molecule has 0 aliphatic heterocycles. The summed E-state index contributed by atoms with van der Waals surface area (Å²) in [6.45, 7) is 4.09. The minimum Gasteiger partial charge on any atom is -0.493 e. The first-order chi connectivity index (χ1) is 16.8. The maximum absolute atomic E-state index is 12.5. The molecular weight excluding hydrogens is 446 g/mol. The number of ether oxygens (including phenoxy) is 1. The molecule has 0 atom stereocenters. The van der Waals surface area contributed by atoms with Gasteiger partial charge in [-0.1, -0.05) is 36.4 Å². The number of aliphatic carboxylic acids is 1. The Morgan fingerprint density at radius 3 is 2.26 bits per heavy atom. The van der Waals surface area contributed by atoms with Gasteiger partial charge in [-0.3, -0.25) is 9.59 Å². The van der Waals surface area contributed by atoms with Crippen molar-refractivity contribution in [3.05, 3.63) is 83.4 Å². The fraction of sp³-hybridized carbons (Fsp3) is 0.222. The third kappa shape index (κ3) is 8.19. The lowest BCUT2D eigenvalue weighted by Gasteiger charge is -2.12. The van der Waals surface area contributed by atoms with Crippen LogP contribution in [0.15, 0.2) is 66.7 Å². The maximum atomic E-state index is 12.5. The van der Waals surface area contributed by atoms with Crippen molar-refractivity contribution >= 4 is 35.0 Å². The summed E-state index contributed by atoms with van der Waals surface area (Å²) in [6.07, 6.45) is 0.614. The zero-order valence-corrected chi connectivity index (χ0v) is 19.8. The SMILES string of the molecule is Cc1ccccc1NC(=O)Nc1ccc(CC(=O)Nc2ccc(C)c(OCCCC(=O)O)c2)cc1. The fourth-order valence-electron chi connectivity index (χ4n) is 3.33. The van der Waals surface area contributed by atoms with Gasteiger partial charge in [-0.15, -0.1) is 0 Å². The van der Waals surface area contributed by atoms with Gasteiger partial charge in [-0.25, -0.2) is 4.79 Å². The number of anilines is 3. The van der Waals surface area contributed by atoms with Crippen molar-refractivity contribution in [2.45, 2.75) is 33.1 Å². The van der Waals surface area contributed by atoms with E-state index in [-0.39, 0.29) is 31.4 Å². The molecule has 4 N–H and O–H groups in total. The van der Waals surface area contributed by atoms with E-state index in [1.807, 2.05) is 44.2 Å². The van der Waals surface area contributed by atoms with Crippen LogP contribution in [0.2, 0.25) is 0 Å². The number of carboxylic acid groups (broad SMARTS) is 1. The fourth-order valence-corrected chi connectivity index (χ4v) is 3.33. The molecule has 0 heterocycles. The quantitative estimate of drug-likeness (QED) is 0.294. The average Bonchev–Trinajstić information content (AvgIpc) is 2.81. The molecular formula is C27H29N3O5. The van der Waals surface area contributed by atoms with Crippen LogP contribution >= 0.6 is 0 Å². The Morgan fingerprint density at radius 1 is 0.829 bits per heavy atom. The van der Waals surface area contributed by atoms with Gasteiger partial charge in [0.25, 0.3) is 0 Å².